The summed E-state index contributed by atoms with van der Waals surface area (Å²) in [6.45, 7) is 0. The number of aromatic hydroxyl groups is 1. The minimum absolute atomic E-state index is 0.0170. The topological polar surface area (TPSA) is 88.5 Å². The quantitative estimate of drug-likeness (QED) is 0.532. The van der Waals surface area contributed by atoms with Gasteiger partial charge in [-0.2, -0.15) is 0 Å². The Hall–Kier alpha value is -1.68. The maximum atomic E-state index is 12.8. The van der Waals surface area contributed by atoms with Crippen LogP contribution in [0.5, 0.6) is 5.75 Å². The molecule has 0 spiro atoms. The highest BCUT2D eigenvalue weighted by Gasteiger charge is 2.26. The van der Waals surface area contributed by atoms with Gasteiger partial charge in [-0.25, -0.2) is 16.8 Å². The first-order chi connectivity index (χ1) is 12.6. The third-order valence-corrected chi connectivity index (χ3v) is 8.40. The van der Waals surface area contributed by atoms with Gasteiger partial charge in [0.15, 0.2) is 0 Å². The van der Waals surface area contributed by atoms with Crippen LogP contribution >= 0.6 is 31.9 Å². The third kappa shape index (κ3) is 3.96. The maximum absolute atomic E-state index is 12.8. The standard InChI is InChI=1S/C18H12Br2O5S2/c19-12-1-5-14(6-2-12)26(22,23)16-9-10-17(21)18(11-16)27(24,25)15-7-3-13(20)4-8-15/h1-11,21H. The molecule has 0 radical (unpaired) electrons. The van der Waals surface area contributed by atoms with Crippen LogP contribution < -0.4 is 0 Å². The van der Waals surface area contributed by atoms with Gasteiger partial charge in [-0.05, 0) is 66.7 Å². The van der Waals surface area contributed by atoms with Crippen molar-refractivity contribution in [1.82, 2.24) is 0 Å². The van der Waals surface area contributed by atoms with E-state index in [0.29, 0.717) is 8.95 Å². The van der Waals surface area contributed by atoms with E-state index in [9.17, 15) is 21.9 Å². The Kier molecular flexibility index (Phi) is 5.49. The molecule has 3 aromatic carbocycles. The monoisotopic (exact) mass is 530 g/mol. The summed E-state index contributed by atoms with van der Waals surface area (Å²) in [6.07, 6.45) is 0. The predicted molar refractivity (Wildman–Crippen MR) is 107 cm³/mol. The van der Waals surface area contributed by atoms with E-state index in [0.717, 1.165) is 12.1 Å². The van der Waals surface area contributed by atoms with E-state index in [1.165, 1.54) is 30.3 Å². The fourth-order valence-electron chi connectivity index (χ4n) is 2.37. The van der Waals surface area contributed by atoms with Gasteiger partial charge in [0.1, 0.15) is 10.6 Å². The van der Waals surface area contributed by atoms with Crippen molar-refractivity contribution in [3.63, 3.8) is 0 Å². The number of benzene rings is 3. The van der Waals surface area contributed by atoms with Crippen LogP contribution in [0.3, 0.4) is 0 Å². The van der Waals surface area contributed by atoms with Crippen molar-refractivity contribution in [2.45, 2.75) is 19.6 Å². The Balaban J connectivity index is 2.15. The fraction of sp³-hybridized carbons (Fsp3) is 0. The second-order valence-electron chi connectivity index (χ2n) is 5.54. The molecule has 0 atom stereocenters. The first kappa shape index (κ1) is 20.1. The van der Waals surface area contributed by atoms with Crippen LogP contribution in [0, 0.1) is 0 Å². The zero-order chi connectivity index (χ0) is 19.8. The molecule has 0 aromatic heterocycles. The molecule has 0 unspecified atom stereocenters. The number of phenolic OH excluding ortho intramolecular Hbond substituents is 1. The van der Waals surface area contributed by atoms with E-state index in [-0.39, 0.29) is 14.7 Å². The van der Waals surface area contributed by atoms with Crippen LogP contribution in [0.4, 0.5) is 0 Å². The van der Waals surface area contributed by atoms with E-state index in [1.807, 2.05) is 0 Å². The molecule has 0 aliphatic carbocycles. The largest absolute Gasteiger partial charge is 0.507 e. The minimum Gasteiger partial charge on any atom is -0.507 e. The summed E-state index contributed by atoms with van der Waals surface area (Å²) in [6, 6.07) is 15.0. The van der Waals surface area contributed by atoms with Crippen molar-refractivity contribution in [3.8, 4) is 5.75 Å². The van der Waals surface area contributed by atoms with Crippen LogP contribution in [0.1, 0.15) is 0 Å². The number of sulfone groups is 2. The molecule has 0 aliphatic heterocycles. The van der Waals surface area contributed by atoms with E-state index < -0.39 is 30.3 Å². The zero-order valence-corrected chi connectivity index (χ0v) is 18.3. The summed E-state index contributed by atoms with van der Waals surface area (Å²) in [5.41, 5.74) is 0. The highest BCUT2D eigenvalue weighted by Crippen LogP contribution is 2.33. The van der Waals surface area contributed by atoms with Crippen molar-refractivity contribution in [3.05, 3.63) is 75.7 Å². The number of hydrogen-bond donors (Lipinski definition) is 1. The molecule has 9 heteroatoms. The van der Waals surface area contributed by atoms with Gasteiger partial charge >= 0.3 is 0 Å². The minimum atomic E-state index is -4.10. The van der Waals surface area contributed by atoms with Crippen LogP contribution in [0.25, 0.3) is 0 Å². The molecule has 0 aliphatic rings. The van der Waals surface area contributed by atoms with Gasteiger partial charge in [0.05, 0.1) is 14.7 Å². The van der Waals surface area contributed by atoms with Crippen LogP contribution in [-0.2, 0) is 19.7 Å². The molecule has 140 valence electrons. The van der Waals surface area contributed by atoms with Gasteiger partial charge in [0, 0.05) is 8.95 Å². The average Bonchev–Trinajstić information content (AvgIpc) is 2.62. The number of phenols is 1. The van der Waals surface area contributed by atoms with Gasteiger partial charge in [0.2, 0.25) is 19.7 Å². The molecule has 0 amide bonds. The Morgan fingerprint density at radius 1 is 0.593 bits per heavy atom. The molecule has 27 heavy (non-hydrogen) atoms. The van der Waals surface area contributed by atoms with Gasteiger partial charge in [-0.3, -0.25) is 0 Å². The highest BCUT2D eigenvalue weighted by atomic mass is 79.9. The second-order valence-corrected chi connectivity index (χ2v) is 11.2. The number of halogens is 2. The number of rotatable bonds is 4. The molecule has 3 aromatic rings. The van der Waals surface area contributed by atoms with E-state index in [4.69, 9.17) is 0 Å². The predicted octanol–water partition coefficient (Wildman–Crippen LogP) is 4.58. The Morgan fingerprint density at radius 3 is 1.48 bits per heavy atom. The molecular weight excluding hydrogens is 520 g/mol. The summed E-state index contributed by atoms with van der Waals surface area (Å²) < 4.78 is 52.7. The first-order valence-corrected chi connectivity index (χ1v) is 12.0. The molecule has 0 heterocycles. The van der Waals surface area contributed by atoms with Crippen LogP contribution in [-0.4, -0.2) is 21.9 Å². The average molecular weight is 532 g/mol. The Morgan fingerprint density at radius 2 is 1.00 bits per heavy atom. The molecule has 1 N–H and O–H groups in total. The van der Waals surface area contributed by atoms with E-state index in [2.05, 4.69) is 31.9 Å². The van der Waals surface area contributed by atoms with Crippen LogP contribution in [0.15, 0.2) is 95.3 Å². The van der Waals surface area contributed by atoms with Gasteiger partial charge in [-0.1, -0.05) is 31.9 Å². The maximum Gasteiger partial charge on any atom is 0.210 e. The fourth-order valence-corrected chi connectivity index (χ4v) is 5.63. The van der Waals surface area contributed by atoms with Crippen molar-refractivity contribution < 1.29 is 21.9 Å². The molecular formula is C18H12Br2O5S2. The number of hydrogen-bond acceptors (Lipinski definition) is 5. The van der Waals surface area contributed by atoms with Gasteiger partial charge in [-0.15, -0.1) is 0 Å². The molecule has 0 bridgehead atoms. The highest BCUT2D eigenvalue weighted by molar-refractivity contribution is 9.10. The van der Waals surface area contributed by atoms with E-state index >= 15 is 0 Å². The molecule has 0 saturated carbocycles. The lowest BCUT2D eigenvalue weighted by Crippen LogP contribution is -2.06. The molecule has 5 nitrogen and oxygen atoms in total. The van der Waals surface area contributed by atoms with Crippen molar-refractivity contribution in [2.24, 2.45) is 0 Å². The Bertz CT molecular complexity index is 1200. The first-order valence-electron chi connectivity index (χ1n) is 7.47. The van der Waals surface area contributed by atoms with Crippen molar-refractivity contribution in [1.29, 1.82) is 0 Å². The van der Waals surface area contributed by atoms with Crippen LogP contribution in [0.2, 0.25) is 0 Å². The summed E-state index contributed by atoms with van der Waals surface area (Å²) in [7, 11) is -8.05. The normalized spacial score (nSPS) is 12.1. The van der Waals surface area contributed by atoms with E-state index in [1.54, 1.807) is 24.3 Å². The lowest BCUT2D eigenvalue weighted by atomic mass is 10.3. The SMILES string of the molecule is O=S(=O)(c1ccc(Br)cc1)c1ccc(O)c(S(=O)(=O)c2ccc(Br)cc2)c1. The summed E-state index contributed by atoms with van der Waals surface area (Å²) in [5, 5.41) is 10.1. The lowest BCUT2D eigenvalue weighted by molar-refractivity contribution is 0.458. The molecule has 3 rings (SSSR count). The van der Waals surface area contributed by atoms with Crippen molar-refractivity contribution in [2.75, 3.05) is 0 Å². The van der Waals surface area contributed by atoms with Gasteiger partial charge in [0.25, 0.3) is 0 Å². The second kappa shape index (κ2) is 7.38. The molecule has 0 fully saturated rings. The third-order valence-electron chi connectivity index (χ3n) is 3.78. The summed E-state index contributed by atoms with van der Waals surface area (Å²) >= 11 is 6.46. The summed E-state index contributed by atoms with van der Waals surface area (Å²) in [5.74, 6) is -0.521. The molecule has 0 saturated heterocycles. The summed E-state index contributed by atoms with van der Waals surface area (Å²) in [4.78, 5) is -0.733. The zero-order valence-electron chi connectivity index (χ0n) is 13.5. The smallest absolute Gasteiger partial charge is 0.210 e. The van der Waals surface area contributed by atoms with Crippen molar-refractivity contribution >= 4 is 51.5 Å². The lowest BCUT2D eigenvalue weighted by Gasteiger charge is -2.10. The van der Waals surface area contributed by atoms with Gasteiger partial charge < -0.3 is 5.11 Å². The Labute approximate surface area is 173 Å².